The van der Waals surface area contributed by atoms with Crippen molar-refractivity contribution < 1.29 is 13.2 Å². The van der Waals surface area contributed by atoms with E-state index in [1.165, 1.54) is 0 Å². The lowest BCUT2D eigenvalue weighted by Crippen LogP contribution is -2.41. The van der Waals surface area contributed by atoms with Crippen LogP contribution >= 0.6 is 0 Å². The lowest BCUT2D eigenvalue weighted by Gasteiger charge is -2.27. The van der Waals surface area contributed by atoms with Gasteiger partial charge >= 0.3 is 0 Å². The highest BCUT2D eigenvalue weighted by Crippen LogP contribution is 2.13. The number of carbonyl (C=O) groups is 1. The second-order valence-corrected chi connectivity index (χ2v) is 6.81. The van der Waals surface area contributed by atoms with E-state index in [9.17, 15) is 13.2 Å². The molecule has 1 unspecified atom stereocenters. The average Bonchev–Trinajstić information content (AvgIpc) is 2.34. The van der Waals surface area contributed by atoms with Crippen LogP contribution in [0.1, 0.15) is 6.92 Å². The number of amides is 1. The molecule has 0 radical (unpaired) electrons. The third-order valence-electron chi connectivity index (χ3n) is 2.81. The quantitative estimate of drug-likeness (QED) is 0.834. The first-order chi connectivity index (χ1) is 8.79. The van der Waals surface area contributed by atoms with Crippen molar-refractivity contribution in [1.29, 1.82) is 0 Å². The number of nitrogens with zero attached hydrogens (tertiary/aromatic N) is 1. The Hall–Kier alpha value is -1.56. The van der Waals surface area contributed by atoms with Gasteiger partial charge in [0.05, 0.1) is 0 Å². The SMILES string of the molecule is CC(CNC(=O)CS(C)(=O)=O)N(C)c1ccccc1. The minimum Gasteiger partial charge on any atom is -0.370 e. The molecule has 0 aromatic heterocycles. The molecular formula is C13H20N2O3S. The largest absolute Gasteiger partial charge is 0.370 e. The zero-order valence-corrected chi connectivity index (χ0v) is 12.3. The first-order valence-corrected chi connectivity index (χ1v) is 8.08. The predicted molar refractivity (Wildman–Crippen MR) is 77.0 cm³/mol. The van der Waals surface area contributed by atoms with Crippen LogP contribution in [0.15, 0.2) is 30.3 Å². The number of nitrogens with one attached hydrogen (secondary N) is 1. The molecule has 1 amide bonds. The minimum absolute atomic E-state index is 0.0749. The number of sulfone groups is 1. The van der Waals surface area contributed by atoms with Crippen molar-refractivity contribution in [3.8, 4) is 0 Å². The minimum atomic E-state index is -3.27. The van der Waals surface area contributed by atoms with E-state index < -0.39 is 21.5 Å². The van der Waals surface area contributed by atoms with Gasteiger partial charge in [-0.3, -0.25) is 4.79 Å². The molecule has 106 valence electrons. The maximum atomic E-state index is 11.4. The maximum absolute atomic E-state index is 11.4. The number of likely N-dealkylation sites (N-methyl/N-ethyl adjacent to an activating group) is 1. The Morgan fingerprint density at radius 1 is 1.32 bits per heavy atom. The Morgan fingerprint density at radius 3 is 2.42 bits per heavy atom. The molecule has 1 atom stereocenters. The Balaban J connectivity index is 2.48. The van der Waals surface area contributed by atoms with Crippen molar-refractivity contribution in [2.24, 2.45) is 0 Å². The van der Waals surface area contributed by atoms with Crippen LogP contribution in [0.3, 0.4) is 0 Å². The molecule has 0 bridgehead atoms. The summed E-state index contributed by atoms with van der Waals surface area (Å²) >= 11 is 0. The zero-order chi connectivity index (χ0) is 14.5. The van der Waals surface area contributed by atoms with Gasteiger partial charge in [0.25, 0.3) is 0 Å². The monoisotopic (exact) mass is 284 g/mol. The van der Waals surface area contributed by atoms with Gasteiger partial charge in [-0.25, -0.2) is 8.42 Å². The van der Waals surface area contributed by atoms with Crippen molar-refractivity contribution in [3.63, 3.8) is 0 Å². The Labute approximate surface area is 114 Å². The topological polar surface area (TPSA) is 66.5 Å². The number of rotatable bonds is 6. The van der Waals surface area contributed by atoms with E-state index >= 15 is 0 Å². The summed E-state index contributed by atoms with van der Waals surface area (Å²) in [5.74, 6) is -0.926. The summed E-state index contributed by atoms with van der Waals surface area (Å²) in [4.78, 5) is 13.4. The summed E-state index contributed by atoms with van der Waals surface area (Å²) in [6.45, 7) is 2.37. The van der Waals surface area contributed by atoms with Gasteiger partial charge in [-0.05, 0) is 19.1 Å². The second kappa shape index (κ2) is 6.56. The first-order valence-electron chi connectivity index (χ1n) is 6.02. The molecule has 0 fully saturated rings. The molecule has 0 heterocycles. The van der Waals surface area contributed by atoms with E-state index in [1.54, 1.807) is 0 Å². The Bertz CT molecular complexity index is 514. The number of hydrogen-bond donors (Lipinski definition) is 1. The first kappa shape index (κ1) is 15.5. The van der Waals surface area contributed by atoms with Gasteiger partial charge in [0.15, 0.2) is 9.84 Å². The van der Waals surface area contributed by atoms with Gasteiger partial charge < -0.3 is 10.2 Å². The number of carbonyl (C=O) groups excluding carboxylic acids is 1. The molecular weight excluding hydrogens is 264 g/mol. The summed E-state index contributed by atoms with van der Waals surface area (Å²) < 4.78 is 21.9. The Morgan fingerprint density at radius 2 is 1.89 bits per heavy atom. The fourth-order valence-electron chi connectivity index (χ4n) is 1.61. The van der Waals surface area contributed by atoms with Crippen LogP contribution in [0.25, 0.3) is 0 Å². The van der Waals surface area contributed by atoms with Crippen LogP contribution in [0.5, 0.6) is 0 Å². The summed E-state index contributed by atoms with van der Waals surface area (Å²) in [5.41, 5.74) is 1.05. The number of hydrogen-bond acceptors (Lipinski definition) is 4. The summed E-state index contributed by atoms with van der Waals surface area (Å²) in [7, 11) is -1.34. The van der Waals surface area contributed by atoms with Gasteiger partial charge in [-0.2, -0.15) is 0 Å². The number of anilines is 1. The van der Waals surface area contributed by atoms with Crippen molar-refractivity contribution >= 4 is 21.4 Å². The smallest absolute Gasteiger partial charge is 0.235 e. The fourth-order valence-corrected chi connectivity index (χ4v) is 2.18. The van der Waals surface area contributed by atoms with Crippen molar-refractivity contribution in [3.05, 3.63) is 30.3 Å². The second-order valence-electron chi connectivity index (χ2n) is 4.67. The molecule has 6 heteroatoms. The van der Waals surface area contributed by atoms with Gasteiger partial charge in [-0.15, -0.1) is 0 Å². The van der Waals surface area contributed by atoms with E-state index in [1.807, 2.05) is 49.2 Å². The molecule has 19 heavy (non-hydrogen) atoms. The third kappa shape index (κ3) is 5.74. The molecule has 5 nitrogen and oxygen atoms in total. The van der Waals surface area contributed by atoms with Gasteiger partial charge in [0.1, 0.15) is 5.75 Å². The normalized spacial score (nSPS) is 12.8. The third-order valence-corrected chi connectivity index (χ3v) is 3.60. The van der Waals surface area contributed by atoms with Crippen LogP contribution in [-0.4, -0.2) is 46.0 Å². The number of benzene rings is 1. The van der Waals surface area contributed by atoms with E-state index in [0.29, 0.717) is 6.54 Å². The van der Waals surface area contributed by atoms with Gasteiger partial charge in [-0.1, -0.05) is 18.2 Å². The van der Waals surface area contributed by atoms with Crippen LogP contribution in [0.2, 0.25) is 0 Å². The van der Waals surface area contributed by atoms with Gasteiger partial charge in [0, 0.05) is 31.6 Å². The van der Waals surface area contributed by atoms with Crippen molar-refractivity contribution in [1.82, 2.24) is 5.32 Å². The number of para-hydroxylation sites is 1. The lowest BCUT2D eigenvalue weighted by atomic mass is 10.2. The molecule has 1 N–H and O–H groups in total. The van der Waals surface area contributed by atoms with Crippen LogP contribution in [0, 0.1) is 0 Å². The van der Waals surface area contributed by atoms with Crippen LogP contribution < -0.4 is 10.2 Å². The fraction of sp³-hybridized carbons (Fsp3) is 0.462. The van der Waals surface area contributed by atoms with Crippen LogP contribution in [-0.2, 0) is 14.6 Å². The van der Waals surface area contributed by atoms with Crippen molar-refractivity contribution in [2.45, 2.75) is 13.0 Å². The average molecular weight is 284 g/mol. The standard InChI is InChI=1S/C13H20N2O3S/c1-11(9-14-13(16)10-19(3,17)18)15(2)12-7-5-4-6-8-12/h4-8,11H,9-10H2,1-3H3,(H,14,16). The van der Waals surface area contributed by atoms with Crippen LogP contribution in [0.4, 0.5) is 5.69 Å². The zero-order valence-electron chi connectivity index (χ0n) is 11.5. The predicted octanol–water partition coefficient (Wildman–Crippen LogP) is 0.672. The molecule has 0 saturated carbocycles. The molecule has 1 aromatic carbocycles. The molecule has 0 aliphatic heterocycles. The molecule has 0 aliphatic carbocycles. The Kier molecular flexibility index (Phi) is 5.35. The molecule has 0 spiro atoms. The maximum Gasteiger partial charge on any atom is 0.235 e. The highest BCUT2D eigenvalue weighted by Gasteiger charge is 2.14. The molecule has 0 aliphatic rings. The van der Waals surface area contributed by atoms with E-state index in [-0.39, 0.29) is 6.04 Å². The molecule has 1 aromatic rings. The van der Waals surface area contributed by atoms with Crippen molar-refractivity contribution in [2.75, 3.05) is 30.5 Å². The molecule has 1 rings (SSSR count). The van der Waals surface area contributed by atoms with E-state index in [4.69, 9.17) is 0 Å². The lowest BCUT2D eigenvalue weighted by molar-refractivity contribution is -0.118. The van der Waals surface area contributed by atoms with E-state index in [2.05, 4.69) is 5.32 Å². The van der Waals surface area contributed by atoms with E-state index in [0.717, 1.165) is 11.9 Å². The summed E-state index contributed by atoms with van der Waals surface area (Å²) in [6.07, 6.45) is 1.05. The summed E-state index contributed by atoms with van der Waals surface area (Å²) in [6, 6.07) is 9.87. The summed E-state index contributed by atoms with van der Waals surface area (Å²) in [5, 5.41) is 2.63. The van der Waals surface area contributed by atoms with Gasteiger partial charge in [0.2, 0.25) is 5.91 Å². The highest BCUT2D eigenvalue weighted by molar-refractivity contribution is 7.91. The molecule has 0 saturated heterocycles. The highest BCUT2D eigenvalue weighted by atomic mass is 32.2.